The van der Waals surface area contributed by atoms with Crippen molar-refractivity contribution in [3.63, 3.8) is 0 Å². The van der Waals surface area contributed by atoms with E-state index in [0.29, 0.717) is 29.4 Å². The lowest BCUT2D eigenvalue weighted by molar-refractivity contribution is -0.146. The van der Waals surface area contributed by atoms with E-state index in [2.05, 4.69) is 20.9 Å². The fourth-order valence-corrected chi connectivity index (χ4v) is 2.91. The quantitative estimate of drug-likeness (QED) is 0.512. The summed E-state index contributed by atoms with van der Waals surface area (Å²) in [6, 6.07) is 4.25. The number of ether oxygens (including phenoxy) is 2. The van der Waals surface area contributed by atoms with E-state index in [-0.39, 0.29) is 29.8 Å². The summed E-state index contributed by atoms with van der Waals surface area (Å²) in [7, 11) is 0. The van der Waals surface area contributed by atoms with E-state index >= 15 is 0 Å². The summed E-state index contributed by atoms with van der Waals surface area (Å²) in [4.78, 5) is 24.8. The molecule has 1 amide bonds. The van der Waals surface area contributed by atoms with Crippen molar-refractivity contribution >= 4 is 40.8 Å². The first-order chi connectivity index (χ1) is 14.6. The Morgan fingerprint density at radius 3 is 2.61 bits per heavy atom. The maximum absolute atomic E-state index is 12.6. The van der Waals surface area contributed by atoms with Gasteiger partial charge in [0.2, 0.25) is 5.91 Å². The lowest BCUT2D eigenvalue weighted by Gasteiger charge is -2.22. The van der Waals surface area contributed by atoms with E-state index in [4.69, 9.17) is 32.7 Å². The number of amides is 1. The molecule has 0 saturated heterocycles. The molecule has 11 heteroatoms. The molecule has 9 nitrogen and oxygen atoms in total. The van der Waals surface area contributed by atoms with Gasteiger partial charge >= 0.3 is 5.97 Å². The maximum atomic E-state index is 12.6. The highest BCUT2D eigenvalue weighted by atomic mass is 35.5. The molecule has 0 radical (unpaired) electrons. The molecule has 0 saturated carbocycles. The van der Waals surface area contributed by atoms with Crippen LogP contribution in [-0.2, 0) is 19.1 Å². The first kappa shape index (κ1) is 25.1. The Hall–Kier alpha value is -2.20. The minimum absolute atomic E-state index is 0.122. The van der Waals surface area contributed by atoms with Crippen molar-refractivity contribution in [3.05, 3.63) is 34.6 Å². The van der Waals surface area contributed by atoms with E-state index in [1.54, 1.807) is 25.1 Å². The molecule has 1 atom stereocenters. The van der Waals surface area contributed by atoms with Crippen LogP contribution in [0.5, 0.6) is 0 Å². The van der Waals surface area contributed by atoms with E-state index in [1.807, 2.05) is 20.8 Å². The zero-order valence-electron chi connectivity index (χ0n) is 17.9. The second-order valence-corrected chi connectivity index (χ2v) is 8.45. The van der Waals surface area contributed by atoms with Gasteiger partial charge in [-0.3, -0.25) is 14.9 Å². The van der Waals surface area contributed by atoms with Crippen LogP contribution in [0.25, 0.3) is 5.69 Å². The molecule has 0 spiro atoms. The number of esters is 1. The molecule has 0 aliphatic heterocycles. The zero-order chi connectivity index (χ0) is 23.0. The lowest BCUT2D eigenvalue weighted by atomic mass is 10.1. The van der Waals surface area contributed by atoms with Crippen LogP contribution in [0.1, 0.15) is 34.1 Å². The number of anilines is 1. The second-order valence-electron chi connectivity index (χ2n) is 7.63. The number of halogens is 2. The second kappa shape index (κ2) is 11.4. The van der Waals surface area contributed by atoms with E-state index in [0.717, 1.165) is 0 Å². The zero-order valence-corrected chi connectivity index (χ0v) is 19.5. The Labute approximate surface area is 191 Å². The van der Waals surface area contributed by atoms with Gasteiger partial charge in [-0.15, -0.1) is 5.10 Å². The maximum Gasteiger partial charge on any atom is 0.323 e. The summed E-state index contributed by atoms with van der Waals surface area (Å²) >= 11 is 11.9. The Morgan fingerprint density at radius 2 is 2.00 bits per heavy atom. The van der Waals surface area contributed by atoms with Gasteiger partial charge in [-0.2, -0.15) is 0 Å². The van der Waals surface area contributed by atoms with Crippen LogP contribution < -0.4 is 10.6 Å². The molecule has 2 rings (SSSR count). The van der Waals surface area contributed by atoms with Gasteiger partial charge in [0.15, 0.2) is 5.15 Å². The average Bonchev–Trinajstić information content (AvgIpc) is 3.10. The number of nitrogens with zero attached hydrogens (tertiary/aromatic N) is 3. The Bertz CT molecular complexity index is 898. The molecule has 0 unspecified atom stereocenters. The first-order valence-corrected chi connectivity index (χ1v) is 10.6. The molecule has 1 heterocycles. The van der Waals surface area contributed by atoms with Crippen LogP contribution >= 0.6 is 23.2 Å². The largest absolute Gasteiger partial charge is 0.465 e. The van der Waals surface area contributed by atoms with Crippen molar-refractivity contribution in [2.45, 2.75) is 45.8 Å². The molecular formula is C20H27Cl2N5O4. The highest BCUT2D eigenvalue weighted by Crippen LogP contribution is 2.24. The number of hydrogen-bond donors (Lipinski definition) is 2. The van der Waals surface area contributed by atoms with Crippen LogP contribution in [0.3, 0.4) is 0 Å². The van der Waals surface area contributed by atoms with Gasteiger partial charge < -0.3 is 14.8 Å². The molecule has 1 aromatic carbocycles. The summed E-state index contributed by atoms with van der Waals surface area (Å²) in [5.74, 6) is -0.811. The van der Waals surface area contributed by atoms with Crippen molar-refractivity contribution < 1.29 is 19.1 Å². The number of hydrogen-bond acceptors (Lipinski definition) is 7. The number of nitrogens with one attached hydrogen (secondary N) is 2. The Balaban J connectivity index is 2.03. The minimum Gasteiger partial charge on any atom is -0.465 e. The standard InChI is InChI=1S/C20H27Cl2N5O4/c1-5-30-19(29)14(8-9-31-20(2,3)4)23-11-18(28)24-15-10-13(21)6-7-16(15)27-12-17(22)25-26-27/h6-7,10,12,14,23H,5,8-9,11H2,1-4H3,(H,24,28)/t14-/m0/s1. The molecule has 0 fully saturated rings. The van der Waals surface area contributed by atoms with Crippen molar-refractivity contribution in [3.8, 4) is 5.69 Å². The summed E-state index contributed by atoms with van der Waals surface area (Å²) in [6.07, 6.45) is 1.87. The Morgan fingerprint density at radius 1 is 1.26 bits per heavy atom. The van der Waals surface area contributed by atoms with Crippen molar-refractivity contribution in [2.75, 3.05) is 25.1 Å². The van der Waals surface area contributed by atoms with Gasteiger partial charge in [0, 0.05) is 11.6 Å². The summed E-state index contributed by atoms with van der Waals surface area (Å²) < 4.78 is 12.2. The van der Waals surface area contributed by atoms with E-state index in [9.17, 15) is 9.59 Å². The highest BCUT2D eigenvalue weighted by Gasteiger charge is 2.22. The predicted molar refractivity (Wildman–Crippen MR) is 119 cm³/mol. The Kier molecular flexibility index (Phi) is 9.24. The van der Waals surface area contributed by atoms with Gasteiger partial charge in [0.25, 0.3) is 0 Å². The summed E-state index contributed by atoms with van der Waals surface area (Å²) in [5.41, 5.74) is 0.631. The molecular weight excluding hydrogens is 445 g/mol. The number of aromatic nitrogens is 3. The smallest absolute Gasteiger partial charge is 0.323 e. The third-order valence-electron chi connectivity index (χ3n) is 3.97. The average molecular weight is 472 g/mol. The number of rotatable bonds is 10. The molecule has 31 heavy (non-hydrogen) atoms. The lowest BCUT2D eigenvalue weighted by Crippen LogP contribution is -2.43. The third kappa shape index (κ3) is 8.45. The fraction of sp³-hybridized carbons (Fsp3) is 0.500. The van der Waals surface area contributed by atoms with E-state index in [1.165, 1.54) is 10.9 Å². The SMILES string of the molecule is CCOC(=O)[C@H](CCOC(C)(C)C)NCC(=O)Nc1cc(Cl)ccc1-n1cc(Cl)nn1. The summed E-state index contributed by atoms with van der Waals surface area (Å²) in [5, 5.41) is 14.0. The molecule has 170 valence electrons. The van der Waals surface area contributed by atoms with Crippen LogP contribution in [0.15, 0.2) is 24.4 Å². The van der Waals surface area contributed by atoms with Gasteiger partial charge in [0.05, 0.1) is 36.3 Å². The van der Waals surface area contributed by atoms with Gasteiger partial charge in [-0.1, -0.05) is 28.4 Å². The van der Waals surface area contributed by atoms with Gasteiger partial charge in [-0.05, 0) is 52.3 Å². The fourth-order valence-electron chi connectivity index (χ4n) is 2.61. The van der Waals surface area contributed by atoms with Crippen LogP contribution in [0.2, 0.25) is 10.2 Å². The molecule has 1 aromatic heterocycles. The number of carbonyl (C=O) groups excluding carboxylic acids is 2. The number of carbonyl (C=O) groups is 2. The van der Waals surface area contributed by atoms with E-state index < -0.39 is 12.0 Å². The topological polar surface area (TPSA) is 107 Å². The van der Waals surface area contributed by atoms with Gasteiger partial charge in [-0.25, -0.2) is 4.68 Å². The monoisotopic (exact) mass is 471 g/mol. The minimum atomic E-state index is -0.680. The predicted octanol–water partition coefficient (Wildman–Crippen LogP) is 3.24. The molecule has 0 aliphatic rings. The van der Waals surface area contributed by atoms with Crippen molar-refractivity contribution in [1.82, 2.24) is 20.3 Å². The molecule has 2 N–H and O–H groups in total. The normalized spacial score (nSPS) is 12.5. The summed E-state index contributed by atoms with van der Waals surface area (Å²) in [6.45, 7) is 7.98. The molecule has 0 bridgehead atoms. The third-order valence-corrected chi connectivity index (χ3v) is 4.37. The van der Waals surface area contributed by atoms with Crippen molar-refractivity contribution in [2.24, 2.45) is 0 Å². The van der Waals surface area contributed by atoms with Crippen LogP contribution in [0.4, 0.5) is 5.69 Å². The van der Waals surface area contributed by atoms with Crippen LogP contribution in [-0.4, -0.2) is 58.3 Å². The first-order valence-electron chi connectivity index (χ1n) is 9.80. The van der Waals surface area contributed by atoms with Crippen LogP contribution in [0, 0.1) is 0 Å². The van der Waals surface area contributed by atoms with Crippen molar-refractivity contribution in [1.29, 1.82) is 0 Å². The highest BCUT2D eigenvalue weighted by molar-refractivity contribution is 6.31. The molecule has 0 aliphatic carbocycles. The molecule has 2 aromatic rings. The van der Waals surface area contributed by atoms with Gasteiger partial charge in [0.1, 0.15) is 6.04 Å². The number of benzene rings is 1.